The molecule has 1 aromatic carbocycles. The third-order valence-electron chi connectivity index (χ3n) is 2.34. The summed E-state index contributed by atoms with van der Waals surface area (Å²) in [4.78, 5) is 22.1. The minimum Gasteiger partial charge on any atom is -0.480 e. The van der Waals surface area contributed by atoms with Crippen molar-refractivity contribution in [2.75, 3.05) is 0 Å². The van der Waals surface area contributed by atoms with Crippen molar-refractivity contribution in [1.82, 2.24) is 5.32 Å². The van der Waals surface area contributed by atoms with Crippen molar-refractivity contribution in [2.45, 2.75) is 26.3 Å². The fourth-order valence-electron chi connectivity index (χ4n) is 1.23. The SMILES string of the molecule is CCc1ccc(C(=O)N[C@H](C)C(=O)O)cc1. The Labute approximate surface area is 94.3 Å². The molecule has 0 bridgehead atoms. The zero-order chi connectivity index (χ0) is 12.1. The molecule has 0 saturated carbocycles. The number of hydrogen-bond acceptors (Lipinski definition) is 2. The van der Waals surface area contributed by atoms with Crippen molar-refractivity contribution >= 4 is 11.9 Å². The van der Waals surface area contributed by atoms with Crippen LogP contribution in [-0.4, -0.2) is 23.0 Å². The van der Waals surface area contributed by atoms with Gasteiger partial charge in [-0.05, 0) is 31.0 Å². The molecule has 0 aliphatic heterocycles. The van der Waals surface area contributed by atoms with Crippen LogP contribution >= 0.6 is 0 Å². The molecule has 0 heterocycles. The first-order valence-electron chi connectivity index (χ1n) is 5.17. The van der Waals surface area contributed by atoms with Gasteiger partial charge in [0, 0.05) is 5.56 Å². The Morgan fingerprint density at radius 3 is 2.31 bits per heavy atom. The van der Waals surface area contributed by atoms with E-state index >= 15 is 0 Å². The third-order valence-corrected chi connectivity index (χ3v) is 2.34. The first kappa shape index (κ1) is 12.2. The zero-order valence-corrected chi connectivity index (χ0v) is 9.36. The molecule has 0 unspecified atom stereocenters. The number of nitrogens with one attached hydrogen (secondary N) is 1. The highest BCUT2D eigenvalue weighted by molar-refractivity contribution is 5.96. The van der Waals surface area contributed by atoms with Crippen LogP contribution in [0.2, 0.25) is 0 Å². The minimum atomic E-state index is -1.04. The number of carboxylic acid groups (broad SMARTS) is 1. The summed E-state index contributed by atoms with van der Waals surface area (Å²) in [6, 6.07) is 6.24. The van der Waals surface area contributed by atoms with Gasteiger partial charge in [-0.15, -0.1) is 0 Å². The van der Waals surface area contributed by atoms with E-state index in [4.69, 9.17) is 5.11 Å². The van der Waals surface area contributed by atoms with E-state index in [0.29, 0.717) is 5.56 Å². The van der Waals surface area contributed by atoms with E-state index in [-0.39, 0.29) is 5.91 Å². The van der Waals surface area contributed by atoms with Gasteiger partial charge in [-0.2, -0.15) is 0 Å². The van der Waals surface area contributed by atoms with Crippen LogP contribution in [0, 0.1) is 0 Å². The van der Waals surface area contributed by atoms with Crippen LogP contribution in [-0.2, 0) is 11.2 Å². The predicted molar refractivity (Wildman–Crippen MR) is 60.4 cm³/mol. The van der Waals surface area contributed by atoms with Crippen LogP contribution in [0.1, 0.15) is 29.8 Å². The average Bonchev–Trinajstić information content (AvgIpc) is 2.28. The largest absolute Gasteiger partial charge is 0.480 e. The monoisotopic (exact) mass is 221 g/mol. The first-order chi connectivity index (χ1) is 7.54. The fraction of sp³-hybridized carbons (Fsp3) is 0.333. The van der Waals surface area contributed by atoms with Crippen molar-refractivity contribution in [3.8, 4) is 0 Å². The van der Waals surface area contributed by atoms with Crippen molar-refractivity contribution in [3.63, 3.8) is 0 Å². The Balaban J connectivity index is 2.69. The van der Waals surface area contributed by atoms with E-state index in [2.05, 4.69) is 5.32 Å². The summed E-state index contributed by atoms with van der Waals surface area (Å²) < 4.78 is 0. The summed E-state index contributed by atoms with van der Waals surface area (Å²) in [5, 5.41) is 11.0. The number of amides is 1. The van der Waals surface area contributed by atoms with Gasteiger partial charge in [-0.3, -0.25) is 9.59 Å². The molecule has 1 amide bonds. The van der Waals surface area contributed by atoms with Crippen LogP contribution in [0.5, 0.6) is 0 Å². The van der Waals surface area contributed by atoms with E-state index in [0.717, 1.165) is 12.0 Å². The lowest BCUT2D eigenvalue weighted by Crippen LogP contribution is -2.38. The smallest absolute Gasteiger partial charge is 0.325 e. The maximum Gasteiger partial charge on any atom is 0.325 e. The lowest BCUT2D eigenvalue weighted by atomic mass is 10.1. The van der Waals surface area contributed by atoms with E-state index in [1.165, 1.54) is 6.92 Å². The van der Waals surface area contributed by atoms with Gasteiger partial charge in [0.2, 0.25) is 0 Å². The third kappa shape index (κ3) is 3.08. The summed E-state index contributed by atoms with van der Waals surface area (Å²) in [5.41, 5.74) is 1.62. The van der Waals surface area contributed by atoms with Crippen LogP contribution < -0.4 is 5.32 Å². The highest BCUT2D eigenvalue weighted by atomic mass is 16.4. The molecular formula is C12H15NO3. The highest BCUT2D eigenvalue weighted by Crippen LogP contribution is 2.05. The minimum absolute atomic E-state index is 0.363. The lowest BCUT2D eigenvalue weighted by molar-refractivity contribution is -0.138. The van der Waals surface area contributed by atoms with Gasteiger partial charge < -0.3 is 10.4 Å². The number of hydrogen-bond donors (Lipinski definition) is 2. The summed E-state index contributed by atoms with van der Waals surface area (Å²) in [7, 11) is 0. The maximum atomic E-state index is 11.6. The van der Waals surface area contributed by atoms with Crippen LogP contribution in [0.4, 0.5) is 0 Å². The molecule has 0 fully saturated rings. The van der Waals surface area contributed by atoms with Gasteiger partial charge >= 0.3 is 5.97 Å². The number of benzene rings is 1. The quantitative estimate of drug-likeness (QED) is 0.808. The number of carboxylic acids is 1. The van der Waals surface area contributed by atoms with E-state index in [9.17, 15) is 9.59 Å². The Morgan fingerprint density at radius 2 is 1.88 bits per heavy atom. The molecule has 1 aromatic rings. The highest BCUT2D eigenvalue weighted by Gasteiger charge is 2.14. The molecule has 0 spiro atoms. The molecule has 0 aliphatic rings. The standard InChI is InChI=1S/C12H15NO3/c1-3-9-4-6-10(7-5-9)11(14)13-8(2)12(15)16/h4-8H,3H2,1-2H3,(H,13,14)(H,15,16)/t8-/m1/s1. The van der Waals surface area contributed by atoms with Gasteiger partial charge in [0.25, 0.3) is 5.91 Å². The normalized spacial score (nSPS) is 11.9. The number of carbonyl (C=O) groups excluding carboxylic acids is 1. The van der Waals surface area contributed by atoms with Crippen molar-refractivity contribution in [3.05, 3.63) is 35.4 Å². The van der Waals surface area contributed by atoms with Crippen molar-refractivity contribution in [1.29, 1.82) is 0 Å². The van der Waals surface area contributed by atoms with E-state index in [1.54, 1.807) is 12.1 Å². The van der Waals surface area contributed by atoms with Gasteiger partial charge in [0.1, 0.15) is 6.04 Å². The molecule has 16 heavy (non-hydrogen) atoms. The van der Waals surface area contributed by atoms with Crippen LogP contribution in [0.25, 0.3) is 0 Å². The molecule has 0 aromatic heterocycles. The maximum absolute atomic E-state index is 11.6. The van der Waals surface area contributed by atoms with Crippen LogP contribution in [0.15, 0.2) is 24.3 Å². The topological polar surface area (TPSA) is 66.4 Å². The summed E-state index contributed by atoms with van der Waals surface area (Å²) in [6.45, 7) is 3.46. The molecule has 0 saturated heterocycles. The zero-order valence-electron chi connectivity index (χ0n) is 9.36. The molecule has 4 nitrogen and oxygen atoms in total. The van der Waals surface area contributed by atoms with Gasteiger partial charge in [-0.1, -0.05) is 19.1 Å². The molecule has 0 radical (unpaired) electrons. The fourth-order valence-corrected chi connectivity index (χ4v) is 1.23. The summed E-state index contributed by atoms with van der Waals surface area (Å²) in [5.74, 6) is -1.41. The predicted octanol–water partition coefficient (Wildman–Crippen LogP) is 1.45. The van der Waals surface area contributed by atoms with Crippen LogP contribution in [0.3, 0.4) is 0 Å². The summed E-state index contributed by atoms with van der Waals surface area (Å²) in [6.07, 6.45) is 0.910. The van der Waals surface area contributed by atoms with Gasteiger partial charge in [0.15, 0.2) is 0 Å². The second-order valence-electron chi connectivity index (χ2n) is 3.58. The molecular weight excluding hydrogens is 206 g/mol. The van der Waals surface area contributed by atoms with Crippen molar-refractivity contribution < 1.29 is 14.7 Å². The lowest BCUT2D eigenvalue weighted by Gasteiger charge is -2.09. The van der Waals surface area contributed by atoms with E-state index in [1.807, 2.05) is 19.1 Å². The molecule has 86 valence electrons. The first-order valence-corrected chi connectivity index (χ1v) is 5.17. The molecule has 0 aliphatic carbocycles. The van der Waals surface area contributed by atoms with Gasteiger partial charge in [-0.25, -0.2) is 0 Å². The Hall–Kier alpha value is -1.84. The van der Waals surface area contributed by atoms with Crippen molar-refractivity contribution in [2.24, 2.45) is 0 Å². The van der Waals surface area contributed by atoms with E-state index < -0.39 is 12.0 Å². The molecule has 4 heteroatoms. The Kier molecular flexibility index (Phi) is 4.05. The number of carbonyl (C=O) groups is 2. The second kappa shape index (κ2) is 5.30. The Bertz CT molecular complexity index is 384. The molecule has 1 atom stereocenters. The van der Waals surface area contributed by atoms with Gasteiger partial charge in [0.05, 0.1) is 0 Å². The average molecular weight is 221 g/mol. The number of rotatable bonds is 4. The molecule has 2 N–H and O–H groups in total. The Morgan fingerprint density at radius 1 is 1.31 bits per heavy atom. The second-order valence-corrected chi connectivity index (χ2v) is 3.58. The molecule has 1 rings (SSSR count). The number of aliphatic carboxylic acids is 1. The summed E-state index contributed by atoms with van der Waals surface area (Å²) >= 11 is 0. The number of aryl methyl sites for hydroxylation is 1.